The number of nitrogens with one attached hydrogen (secondary N) is 1. The first-order chi connectivity index (χ1) is 7.70. The van der Waals surface area contributed by atoms with Gasteiger partial charge in [0.15, 0.2) is 0 Å². The van der Waals surface area contributed by atoms with Crippen LogP contribution >= 0.6 is 11.6 Å². The highest BCUT2D eigenvalue weighted by atomic mass is 35.5. The Bertz CT molecular complexity index is 381. The molecule has 1 aliphatic rings. The molecule has 1 atom stereocenters. The third-order valence-corrected chi connectivity index (χ3v) is 2.89. The van der Waals surface area contributed by atoms with Crippen LogP contribution in [-0.2, 0) is 4.79 Å². The number of hydrogen-bond acceptors (Lipinski definition) is 4. The molecule has 2 heterocycles. The standard InChI is InChI=1S/C10H13ClN4O/c1-12-9(16)7-2-3-15(6-7)10-13-4-8(11)5-14-10/h4-5,7H,2-3,6H2,1H3,(H,12,16)/t7-/m0/s1. The van der Waals surface area contributed by atoms with Crippen molar-refractivity contribution in [2.45, 2.75) is 6.42 Å². The van der Waals surface area contributed by atoms with Gasteiger partial charge in [0.1, 0.15) is 0 Å². The second kappa shape index (κ2) is 4.65. The number of hydrogen-bond donors (Lipinski definition) is 1. The van der Waals surface area contributed by atoms with Crippen molar-refractivity contribution in [3.8, 4) is 0 Å². The third kappa shape index (κ3) is 2.24. The number of carbonyl (C=O) groups is 1. The smallest absolute Gasteiger partial charge is 0.225 e. The van der Waals surface area contributed by atoms with Gasteiger partial charge in [0, 0.05) is 20.1 Å². The van der Waals surface area contributed by atoms with Gasteiger partial charge in [-0.15, -0.1) is 0 Å². The lowest BCUT2D eigenvalue weighted by Crippen LogP contribution is -2.30. The molecular formula is C10H13ClN4O. The summed E-state index contributed by atoms with van der Waals surface area (Å²) in [6.07, 6.45) is 3.97. The minimum atomic E-state index is 0.0317. The van der Waals surface area contributed by atoms with Crippen molar-refractivity contribution in [3.63, 3.8) is 0 Å². The van der Waals surface area contributed by atoms with Crippen molar-refractivity contribution in [1.29, 1.82) is 0 Å². The fourth-order valence-electron chi connectivity index (χ4n) is 1.83. The molecule has 0 aliphatic carbocycles. The summed E-state index contributed by atoms with van der Waals surface area (Å²) >= 11 is 5.71. The van der Waals surface area contributed by atoms with Crippen LogP contribution in [0.3, 0.4) is 0 Å². The molecule has 0 saturated carbocycles. The van der Waals surface area contributed by atoms with Crippen LogP contribution in [0.25, 0.3) is 0 Å². The van der Waals surface area contributed by atoms with E-state index in [0.29, 0.717) is 17.5 Å². The van der Waals surface area contributed by atoms with Crippen LogP contribution in [-0.4, -0.2) is 36.0 Å². The van der Waals surface area contributed by atoms with Gasteiger partial charge in [-0.05, 0) is 6.42 Å². The van der Waals surface area contributed by atoms with Gasteiger partial charge in [-0.1, -0.05) is 11.6 Å². The SMILES string of the molecule is CNC(=O)[C@H]1CCN(c2ncc(Cl)cn2)C1. The molecule has 86 valence electrons. The second-order valence-electron chi connectivity index (χ2n) is 3.75. The predicted octanol–water partition coefficient (Wildman–Crippen LogP) is 0.702. The van der Waals surface area contributed by atoms with E-state index in [4.69, 9.17) is 11.6 Å². The number of anilines is 1. The average Bonchev–Trinajstić information content (AvgIpc) is 2.78. The Balaban J connectivity index is 2.03. The van der Waals surface area contributed by atoms with Gasteiger partial charge in [0.2, 0.25) is 11.9 Å². The molecule has 5 nitrogen and oxygen atoms in total. The Hall–Kier alpha value is -1.36. The number of carbonyl (C=O) groups excluding carboxylic acids is 1. The van der Waals surface area contributed by atoms with Crippen molar-refractivity contribution in [2.24, 2.45) is 5.92 Å². The Morgan fingerprint density at radius 1 is 1.56 bits per heavy atom. The number of halogens is 1. The van der Waals surface area contributed by atoms with E-state index in [2.05, 4.69) is 15.3 Å². The minimum absolute atomic E-state index is 0.0317. The Kier molecular flexibility index (Phi) is 3.24. The lowest BCUT2D eigenvalue weighted by Gasteiger charge is -2.15. The molecule has 1 aliphatic heterocycles. The van der Waals surface area contributed by atoms with E-state index in [1.165, 1.54) is 0 Å². The average molecular weight is 241 g/mol. The molecule has 0 bridgehead atoms. The summed E-state index contributed by atoms with van der Waals surface area (Å²) in [6, 6.07) is 0. The highest BCUT2D eigenvalue weighted by Gasteiger charge is 2.28. The zero-order valence-corrected chi connectivity index (χ0v) is 9.74. The topological polar surface area (TPSA) is 58.1 Å². The first-order valence-corrected chi connectivity index (χ1v) is 5.52. The molecule has 0 unspecified atom stereocenters. The van der Waals surface area contributed by atoms with Gasteiger partial charge < -0.3 is 10.2 Å². The largest absolute Gasteiger partial charge is 0.359 e. The second-order valence-corrected chi connectivity index (χ2v) is 4.18. The van der Waals surface area contributed by atoms with Gasteiger partial charge in [-0.25, -0.2) is 9.97 Å². The molecule has 1 amide bonds. The first kappa shape index (κ1) is 11.1. The van der Waals surface area contributed by atoms with Crippen LogP contribution in [0, 0.1) is 5.92 Å². The van der Waals surface area contributed by atoms with Crippen LogP contribution in [0.1, 0.15) is 6.42 Å². The molecule has 1 fully saturated rings. The van der Waals surface area contributed by atoms with Gasteiger partial charge in [0.05, 0.1) is 23.3 Å². The van der Waals surface area contributed by atoms with E-state index < -0.39 is 0 Å². The van der Waals surface area contributed by atoms with Crippen molar-refractivity contribution in [3.05, 3.63) is 17.4 Å². The predicted molar refractivity (Wildman–Crippen MR) is 61.4 cm³/mol. The van der Waals surface area contributed by atoms with E-state index in [-0.39, 0.29) is 11.8 Å². The van der Waals surface area contributed by atoms with Crippen molar-refractivity contribution < 1.29 is 4.79 Å². The normalized spacial score (nSPS) is 19.9. The first-order valence-electron chi connectivity index (χ1n) is 5.15. The van der Waals surface area contributed by atoms with E-state index in [9.17, 15) is 4.79 Å². The van der Waals surface area contributed by atoms with Crippen LogP contribution in [0.15, 0.2) is 12.4 Å². The molecule has 1 saturated heterocycles. The molecule has 0 radical (unpaired) electrons. The molecular weight excluding hydrogens is 228 g/mol. The highest BCUT2D eigenvalue weighted by molar-refractivity contribution is 6.30. The van der Waals surface area contributed by atoms with E-state index in [0.717, 1.165) is 13.0 Å². The fourth-order valence-corrected chi connectivity index (χ4v) is 1.93. The van der Waals surface area contributed by atoms with Crippen molar-refractivity contribution in [1.82, 2.24) is 15.3 Å². The summed E-state index contributed by atoms with van der Waals surface area (Å²) in [4.78, 5) is 21.7. The van der Waals surface area contributed by atoms with Crippen molar-refractivity contribution >= 4 is 23.5 Å². The Morgan fingerprint density at radius 3 is 2.88 bits per heavy atom. The number of rotatable bonds is 2. The van der Waals surface area contributed by atoms with E-state index in [1.807, 2.05) is 4.90 Å². The molecule has 2 rings (SSSR count). The maximum atomic E-state index is 11.4. The Labute approximate surface area is 98.8 Å². The number of aromatic nitrogens is 2. The molecule has 1 aromatic rings. The molecule has 0 aromatic carbocycles. The lowest BCUT2D eigenvalue weighted by atomic mass is 10.1. The van der Waals surface area contributed by atoms with Crippen LogP contribution in [0.2, 0.25) is 5.02 Å². The van der Waals surface area contributed by atoms with Gasteiger partial charge in [0.25, 0.3) is 0 Å². The Morgan fingerprint density at radius 2 is 2.25 bits per heavy atom. The van der Waals surface area contributed by atoms with Gasteiger partial charge in [-0.3, -0.25) is 4.79 Å². The maximum absolute atomic E-state index is 11.4. The monoisotopic (exact) mass is 240 g/mol. The number of amides is 1. The van der Waals surface area contributed by atoms with Crippen LogP contribution in [0.4, 0.5) is 5.95 Å². The maximum Gasteiger partial charge on any atom is 0.225 e. The van der Waals surface area contributed by atoms with Crippen LogP contribution in [0.5, 0.6) is 0 Å². The summed E-state index contributed by atoms with van der Waals surface area (Å²) in [5.74, 6) is 0.747. The zero-order valence-electron chi connectivity index (χ0n) is 8.98. The van der Waals surface area contributed by atoms with E-state index >= 15 is 0 Å². The minimum Gasteiger partial charge on any atom is -0.359 e. The zero-order chi connectivity index (χ0) is 11.5. The highest BCUT2D eigenvalue weighted by Crippen LogP contribution is 2.20. The molecule has 0 spiro atoms. The third-order valence-electron chi connectivity index (χ3n) is 2.69. The molecule has 1 N–H and O–H groups in total. The molecule has 16 heavy (non-hydrogen) atoms. The van der Waals surface area contributed by atoms with Gasteiger partial charge >= 0.3 is 0 Å². The van der Waals surface area contributed by atoms with Crippen molar-refractivity contribution in [2.75, 3.05) is 25.0 Å². The fraction of sp³-hybridized carbons (Fsp3) is 0.500. The lowest BCUT2D eigenvalue weighted by molar-refractivity contribution is -0.123. The van der Waals surface area contributed by atoms with Crippen LogP contribution < -0.4 is 10.2 Å². The summed E-state index contributed by atoms with van der Waals surface area (Å²) < 4.78 is 0. The van der Waals surface area contributed by atoms with E-state index in [1.54, 1.807) is 19.4 Å². The summed E-state index contributed by atoms with van der Waals surface area (Å²) in [5.41, 5.74) is 0. The molecule has 1 aromatic heterocycles. The van der Waals surface area contributed by atoms with Gasteiger partial charge in [-0.2, -0.15) is 0 Å². The summed E-state index contributed by atoms with van der Waals surface area (Å²) in [7, 11) is 1.66. The molecule has 6 heteroatoms. The summed E-state index contributed by atoms with van der Waals surface area (Å²) in [6.45, 7) is 1.47. The quantitative estimate of drug-likeness (QED) is 0.827. The number of nitrogens with zero attached hydrogens (tertiary/aromatic N) is 3. The summed E-state index contributed by atoms with van der Waals surface area (Å²) in [5, 5.41) is 3.18.